The zero-order valence-corrected chi connectivity index (χ0v) is 13.6. The zero-order chi connectivity index (χ0) is 15.5. The van der Waals surface area contributed by atoms with E-state index in [1.165, 1.54) is 24.6 Å². The van der Waals surface area contributed by atoms with E-state index >= 15 is 0 Å². The van der Waals surface area contributed by atoms with Crippen molar-refractivity contribution in [2.75, 3.05) is 0 Å². The second-order valence-electron chi connectivity index (χ2n) is 5.59. The molecule has 1 saturated carbocycles. The van der Waals surface area contributed by atoms with Crippen LogP contribution in [-0.2, 0) is 11.3 Å². The van der Waals surface area contributed by atoms with Crippen LogP contribution in [0.3, 0.4) is 0 Å². The Kier molecular flexibility index (Phi) is 4.47. The minimum Gasteiger partial charge on any atom is -0.351 e. The van der Waals surface area contributed by atoms with E-state index in [-0.39, 0.29) is 11.2 Å². The quantitative estimate of drug-likeness (QED) is 0.833. The summed E-state index contributed by atoms with van der Waals surface area (Å²) >= 11 is 1.48. The Balaban J connectivity index is 1.57. The van der Waals surface area contributed by atoms with Crippen molar-refractivity contribution in [2.45, 2.75) is 49.7 Å². The molecular formula is C16H20N4OS. The van der Waals surface area contributed by atoms with Crippen molar-refractivity contribution >= 4 is 17.7 Å². The molecule has 0 saturated heterocycles. The van der Waals surface area contributed by atoms with E-state index in [1.54, 1.807) is 0 Å². The van der Waals surface area contributed by atoms with Crippen molar-refractivity contribution in [3.63, 3.8) is 0 Å². The van der Waals surface area contributed by atoms with Crippen LogP contribution in [0.15, 0.2) is 35.5 Å². The third-order valence-electron chi connectivity index (χ3n) is 3.71. The molecule has 5 nitrogen and oxygen atoms in total. The molecule has 0 aliphatic heterocycles. The Bertz CT molecular complexity index is 651. The van der Waals surface area contributed by atoms with E-state index in [9.17, 15) is 4.79 Å². The van der Waals surface area contributed by atoms with Crippen molar-refractivity contribution in [3.8, 4) is 0 Å². The van der Waals surface area contributed by atoms with Crippen LogP contribution in [0.2, 0.25) is 0 Å². The van der Waals surface area contributed by atoms with Gasteiger partial charge in [-0.05, 0) is 32.3 Å². The molecule has 1 aliphatic carbocycles. The van der Waals surface area contributed by atoms with Crippen LogP contribution in [0.4, 0.5) is 0 Å². The van der Waals surface area contributed by atoms with Crippen molar-refractivity contribution in [1.82, 2.24) is 20.1 Å². The minimum atomic E-state index is -0.190. The highest BCUT2D eigenvalue weighted by molar-refractivity contribution is 8.00. The van der Waals surface area contributed by atoms with Gasteiger partial charge in [0, 0.05) is 12.6 Å². The molecule has 0 radical (unpaired) electrons. The number of benzene rings is 1. The Morgan fingerprint density at radius 2 is 2.09 bits per heavy atom. The van der Waals surface area contributed by atoms with Crippen molar-refractivity contribution in [1.29, 1.82) is 0 Å². The maximum absolute atomic E-state index is 12.2. The highest BCUT2D eigenvalue weighted by Gasteiger charge is 2.29. The summed E-state index contributed by atoms with van der Waals surface area (Å²) in [5.41, 5.74) is 1.10. The lowest BCUT2D eigenvalue weighted by atomic mass is 10.2. The molecule has 1 N–H and O–H groups in total. The van der Waals surface area contributed by atoms with E-state index in [1.807, 2.05) is 44.2 Å². The van der Waals surface area contributed by atoms with Gasteiger partial charge >= 0.3 is 0 Å². The monoisotopic (exact) mass is 316 g/mol. The van der Waals surface area contributed by atoms with Crippen molar-refractivity contribution < 1.29 is 4.79 Å². The number of carbonyl (C=O) groups excluding carboxylic acids is 1. The predicted octanol–water partition coefficient (Wildman–Crippen LogP) is 2.72. The Labute approximate surface area is 134 Å². The number of hydrogen-bond acceptors (Lipinski definition) is 4. The summed E-state index contributed by atoms with van der Waals surface area (Å²) in [5.74, 6) is 0.957. The van der Waals surface area contributed by atoms with Gasteiger partial charge in [0.05, 0.1) is 5.25 Å². The first-order valence-corrected chi connectivity index (χ1v) is 8.43. The molecule has 0 unspecified atom stereocenters. The highest BCUT2D eigenvalue weighted by Crippen LogP contribution is 2.39. The summed E-state index contributed by atoms with van der Waals surface area (Å²) in [6.45, 7) is 4.43. The molecule has 1 amide bonds. The number of hydrogen-bond donors (Lipinski definition) is 1. The number of amides is 1. The average molecular weight is 316 g/mol. The SMILES string of the molecule is Cc1nnc(S[C@H](C)C(=O)NCc2ccccc2)n1C1CC1. The number of rotatable bonds is 6. The highest BCUT2D eigenvalue weighted by atomic mass is 32.2. The first-order valence-electron chi connectivity index (χ1n) is 7.55. The Hall–Kier alpha value is -1.82. The molecule has 1 aliphatic rings. The van der Waals surface area contributed by atoms with E-state index in [2.05, 4.69) is 20.1 Å². The van der Waals surface area contributed by atoms with Gasteiger partial charge in [-0.25, -0.2) is 0 Å². The third kappa shape index (κ3) is 3.50. The van der Waals surface area contributed by atoms with Crippen molar-refractivity contribution in [3.05, 3.63) is 41.7 Å². The fourth-order valence-corrected chi connectivity index (χ4v) is 3.31. The van der Waals surface area contributed by atoms with Gasteiger partial charge in [0.15, 0.2) is 5.16 Å². The van der Waals surface area contributed by atoms with Crippen LogP contribution >= 0.6 is 11.8 Å². The maximum Gasteiger partial charge on any atom is 0.233 e. The van der Waals surface area contributed by atoms with Gasteiger partial charge in [-0.3, -0.25) is 4.79 Å². The number of aryl methyl sites for hydroxylation is 1. The summed E-state index contributed by atoms with van der Waals surface area (Å²) in [6.07, 6.45) is 2.36. The molecular weight excluding hydrogens is 296 g/mol. The predicted molar refractivity (Wildman–Crippen MR) is 86.6 cm³/mol. The first-order chi connectivity index (χ1) is 10.6. The van der Waals surface area contributed by atoms with Crippen LogP contribution in [0.5, 0.6) is 0 Å². The Morgan fingerprint density at radius 1 is 1.36 bits per heavy atom. The maximum atomic E-state index is 12.2. The molecule has 0 spiro atoms. The lowest BCUT2D eigenvalue weighted by molar-refractivity contribution is -0.120. The molecule has 1 atom stereocenters. The summed E-state index contributed by atoms with van der Waals surface area (Å²) in [4.78, 5) is 12.2. The number of thioether (sulfide) groups is 1. The molecule has 1 aromatic carbocycles. The number of carbonyl (C=O) groups is 1. The molecule has 22 heavy (non-hydrogen) atoms. The van der Waals surface area contributed by atoms with Crippen LogP contribution in [-0.4, -0.2) is 25.9 Å². The van der Waals surface area contributed by atoms with Gasteiger partial charge in [-0.2, -0.15) is 0 Å². The average Bonchev–Trinajstić information content (AvgIpc) is 3.30. The Morgan fingerprint density at radius 3 is 2.77 bits per heavy atom. The van der Waals surface area contributed by atoms with Gasteiger partial charge in [0.25, 0.3) is 0 Å². The first kappa shape index (κ1) is 15.1. The lowest BCUT2D eigenvalue weighted by Gasteiger charge is -2.12. The fourth-order valence-electron chi connectivity index (χ4n) is 2.32. The van der Waals surface area contributed by atoms with Gasteiger partial charge in [-0.15, -0.1) is 10.2 Å². The van der Waals surface area contributed by atoms with E-state index < -0.39 is 0 Å². The van der Waals surface area contributed by atoms with Crippen LogP contribution in [0.25, 0.3) is 0 Å². The van der Waals surface area contributed by atoms with E-state index in [4.69, 9.17) is 0 Å². The molecule has 1 heterocycles. The summed E-state index contributed by atoms with van der Waals surface area (Å²) in [5, 5.41) is 12.0. The summed E-state index contributed by atoms with van der Waals surface area (Å²) < 4.78 is 2.16. The number of aromatic nitrogens is 3. The summed E-state index contributed by atoms with van der Waals surface area (Å²) in [7, 11) is 0. The smallest absolute Gasteiger partial charge is 0.233 e. The molecule has 116 valence electrons. The topological polar surface area (TPSA) is 59.8 Å². The standard InChI is InChI=1S/C16H20N4OS/c1-11(15(21)17-10-13-6-4-3-5-7-13)22-16-19-18-12(2)20(16)14-8-9-14/h3-7,11,14H,8-10H2,1-2H3,(H,17,21)/t11-/m1/s1. The second-order valence-corrected chi connectivity index (χ2v) is 6.90. The van der Waals surface area contributed by atoms with Crippen molar-refractivity contribution in [2.24, 2.45) is 0 Å². The zero-order valence-electron chi connectivity index (χ0n) is 12.8. The molecule has 0 bridgehead atoms. The van der Waals surface area contributed by atoms with E-state index in [0.717, 1.165) is 16.5 Å². The fraction of sp³-hybridized carbons (Fsp3) is 0.438. The summed E-state index contributed by atoms with van der Waals surface area (Å²) in [6, 6.07) is 10.4. The van der Waals surface area contributed by atoms with Gasteiger partial charge in [0.2, 0.25) is 5.91 Å². The normalized spacial score (nSPS) is 15.5. The molecule has 1 fully saturated rings. The largest absolute Gasteiger partial charge is 0.351 e. The third-order valence-corrected chi connectivity index (χ3v) is 4.76. The molecule has 1 aromatic heterocycles. The molecule has 3 rings (SSSR count). The van der Waals surface area contributed by atoms with Gasteiger partial charge < -0.3 is 9.88 Å². The van der Waals surface area contributed by atoms with E-state index in [0.29, 0.717) is 12.6 Å². The van der Waals surface area contributed by atoms with Crippen LogP contribution in [0.1, 0.15) is 37.2 Å². The number of nitrogens with zero attached hydrogens (tertiary/aromatic N) is 3. The lowest BCUT2D eigenvalue weighted by Crippen LogP contribution is -2.30. The van der Waals surface area contributed by atoms with Gasteiger partial charge in [0.1, 0.15) is 5.82 Å². The van der Waals surface area contributed by atoms with Crippen LogP contribution < -0.4 is 5.32 Å². The van der Waals surface area contributed by atoms with Crippen LogP contribution in [0, 0.1) is 6.92 Å². The van der Waals surface area contributed by atoms with Gasteiger partial charge in [-0.1, -0.05) is 42.1 Å². The molecule has 6 heteroatoms. The number of nitrogens with one attached hydrogen (secondary N) is 1. The minimum absolute atomic E-state index is 0.0249. The second kappa shape index (κ2) is 6.52. The molecule has 2 aromatic rings.